The zero-order chi connectivity index (χ0) is 26.3. The van der Waals surface area contributed by atoms with Gasteiger partial charge in [0.25, 0.3) is 0 Å². The van der Waals surface area contributed by atoms with Gasteiger partial charge in [-0.2, -0.15) is 0 Å². The molecule has 0 spiro atoms. The molecule has 0 aliphatic rings. The first-order valence-electron chi connectivity index (χ1n) is 11.1. The van der Waals surface area contributed by atoms with E-state index in [0.29, 0.717) is 27.8 Å². The second kappa shape index (κ2) is 11.9. The molecule has 190 valence electrons. The number of carbonyl (C=O) groups excluding carboxylic acids is 2. The lowest BCUT2D eigenvalue weighted by molar-refractivity contribution is -0.139. The van der Waals surface area contributed by atoms with Crippen molar-refractivity contribution in [3.05, 3.63) is 89.4 Å². The minimum absolute atomic E-state index is 0.0788. The van der Waals surface area contributed by atoms with Crippen LogP contribution in [0.4, 0.5) is 5.69 Å². The maximum absolute atomic E-state index is 13.4. The fourth-order valence-corrected chi connectivity index (χ4v) is 4.60. The molecule has 0 fully saturated rings. The summed E-state index contributed by atoms with van der Waals surface area (Å²) < 4.78 is 32.1. The fourth-order valence-electron chi connectivity index (χ4n) is 3.54. The predicted octanol–water partition coefficient (Wildman–Crippen LogP) is 4.06. The van der Waals surface area contributed by atoms with Gasteiger partial charge in [0, 0.05) is 18.6 Å². The Morgan fingerprint density at radius 1 is 0.972 bits per heavy atom. The number of nitrogens with zero attached hydrogens (tertiary/aromatic N) is 2. The maximum Gasteiger partial charge on any atom is 0.244 e. The normalized spacial score (nSPS) is 11.9. The van der Waals surface area contributed by atoms with Crippen LogP contribution < -0.4 is 14.4 Å². The summed E-state index contributed by atoms with van der Waals surface area (Å²) in [6.07, 6.45) is 1.03. The van der Waals surface area contributed by atoms with Gasteiger partial charge in [-0.05, 0) is 61.0 Å². The van der Waals surface area contributed by atoms with Crippen LogP contribution in [-0.4, -0.2) is 51.0 Å². The molecule has 3 rings (SSSR count). The Morgan fingerprint density at radius 2 is 1.61 bits per heavy atom. The summed E-state index contributed by atoms with van der Waals surface area (Å²) >= 11 is 6.08. The van der Waals surface area contributed by atoms with Gasteiger partial charge in [-0.3, -0.25) is 13.9 Å². The SMILES string of the molecule is CNC(=O)[C@H](C)N(Cc1cccc(Cl)c1)C(=O)CN(c1ccc(Oc2ccccc2)cc1)S(C)(=O)=O. The number of nitrogens with one attached hydrogen (secondary N) is 1. The number of halogens is 1. The monoisotopic (exact) mass is 529 g/mol. The molecule has 0 radical (unpaired) electrons. The van der Waals surface area contributed by atoms with E-state index in [2.05, 4.69) is 5.32 Å². The highest BCUT2D eigenvalue weighted by atomic mass is 35.5. The molecule has 2 amide bonds. The van der Waals surface area contributed by atoms with E-state index in [1.54, 1.807) is 67.6 Å². The molecule has 0 saturated heterocycles. The van der Waals surface area contributed by atoms with Crippen molar-refractivity contribution >= 4 is 39.1 Å². The Bertz CT molecular complexity index is 1300. The lowest BCUT2D eigenvalue weighted by Crippen LogP contribution is -2.50. The van der Waals surface area contributed by atoms with Crippen molar-refractivity contribution in [1.82, 2.24) is 10.2 Å². The molecule has 0 bridgehead atoms. The van der Waals surface area contributed by atoms with Gasteiger partial charge in [-0.1, -0.05) is 41.9 Å². The van der Waals surface area contributed by atoms with Crippen LogP contribution >= 0.6 is 11.6 Å². The third kappa shape index (κ3) is 7.22. The highest BCUT2D eigenvalue weighted by Gasteiger charge is 2.29. The molecule has 3 aromatic rings. The standard InChI is InChI=1S/C26H28ClN3O5S/c1-19(26(32)28-2)29(17-20-8-7-9-21(27)16-20)25(31)18-30(36(3,33)34)22-12-14-24(15-13-22)35-23-10-5-4-6-11-23/h4-16,19H,17-18H2,1-3H3,(H,28,32)/t19-/m0/s1. The molecular weight excluding hydrogens is 502 g/mol. The summed E-state index contributed by atoms with van der Waals surface area (Å²) in [6, 6.07) is 21.6. The van der Waals surface area contributed by atoms with Crippen LogP contribution in [0.15, 0.2) is 78.9 Å². The lowest BCUT2D eigenvalue weighted by atomic mass is 10.1. The Hall–Kier alpha value is -3.56. The van der Waals surface area contributed by atoms with E-state index in [9.17, 15) is 18.0 Å². The summed E-state index contributed by atoms with van der Waals surface area (Å²) in [7, 11) is -2.35. The van der Waals surface area contributed by atoms with Gasteiger partial charge >= 0.3 is 0 Å². The fraction of sp³-hybridized carbons (Fsp3) is 0.231. The summed E-state index contributed by atoms with van der Waals surface area (Å²) in [6.45, 7) is 1.18. The van der Waals surface area contributed by atoms with Crippen molar-refractivity contribution in [2.45, 2.75) is 19.5 Å². The van der Waals surface area contributed by atoms with Crippen molar-refractivity contribution in [3.8, 4) is 11.5 Å². The van der Waals surface area contributed by atoms with Crippen molar-refractivity contribution in [2.24, 2.45) is 0 Å². The summed E-state index contributed by atoms with van der Waals surface area (Å²) in [5, 5.41) is 3.02. The largest absolute Gasteiger partial charge is 0.457 e. The van der Waals surface area contributed by atoms with Crippen LogP contribution in [0.5, 0.6) is 11.5 Å². The highest BCUT2D eigenvalue weighted by molar-refractivity contribution is 7.92. The number of benzene rings is 3. The average Bonchev–Trinajstić information content (AvgIpc) is 2.85. The zero-order valence-electron chi connectivity index (χ0n) is 20.2. The van der Waals surface area contributed by atoms with Crippen molar-refractivity contribution < 1.29 is 22.7 Å². The van der Waals surface area contributed by atoms with E-state index in [1.807, 2.05) is 18.2 Å². The first-order valence-corrected chi connectivity index (χ1v) is 13.4. The molecular formula is C26H28ClN3O5S. The number of ether oxygens (including phenoxy) is 1. The first-order chi connectivity index (χ1) is 17.1. The molecule has 10 heteroatoms. The molecule has 0 saturated carbocycles. The maximum atomic E-state index is 13.4. The molecule has 36 heavy (non-hydrogen) atoms. The van der Waals surface area contributed by atoms with Crippen LogP contribution in [0.2, 0.25) is 5.02 Å². The second-order valence-corrected chi connectivity index (χ2v) is 10.5. The van der Waals surface area contributed by atoms with Crippen LogP contribution in [0.1, 0.15) is 12.5 Å². The molecule has 8 nitrogen and oxygen atoms in total. The third-order valence-corrected chi connectivity index (χ3v) is 6.81. The molecule has 1 atom stereocenters. The Balaban J connectivity index is 1.85. The number of amides is 2. The predicted molar refractivity (Wildman–Crippen MR) is 141 cm³/mol. The molecule has 3 aromatic carbocycles. The van der Waals surface area contributed by atoms with E-state index in [-0.39, 0.29) is 12.5 Å². The number of hydrogen-bond donors (Lipinski definition) is 1. The van der Waals surface area contributed by atoms with Crippen LogP contribution in [0.25, 0.3) is 0 Å². The van der Waals surface area contributed by atoms with E-state index in [4.69, 9.17) is 16.3 Å². The molecule has 0 heterocycles. The van der Waals surface area contributed by atoms with Crippen molar-refractivity contribution in [3.63, 3.8) is 0 Å². The molecule has 1 N–H and O–H groups in total. The summed E-state index contributed by atoms with van der Waals surface area (Å²) in [5.74, 6) is 0.237. The number of carbonyl (C=O) groups is 2. The Labute approximate surface area is 216 Å². The topological polar surface area (TPSA) is 96.0 Å². The molecule has 0 aromatic heterocycles. The second-order valence-electron chi connectivity index (χ2n) is 8.12. The summed E-state index contributed by atoms with van der Waals surface area (Å²) in [4.78, 5) is 27.1. The smallest absolute Gasteiger partial charge is 0.244 e. The third-order valence-electron chi connectivity index (χ3n) is 5.44. The van der Waals surface area contributed by atoms with Gasteiger partial charge in [-0.15, -0.1) is 0 Å². The lowest BCUT2D eigenvalue weighted by Gasteiger charge is -2.31. The number of hydrogen-bond acceptors (Lipinski definition) is 5. The molecule has 0 aliphatic carbocycles. The van der Waals surface area contributed by atoms with E-state index in [1.165, 1.54) is 11.9 Å². The van der Waals surface area contributed by atoms with Gasteiger partial charge in [0.15, 0.2) is 0 Å². The van der Waals surface area contributed by atoms with Gasteiger partial charge in [0.2, 0.25) is 21.8 Å². The van der Waals surface area contributed by atoms with E-state index >= 15 is 0 Å². The minimum atomic E-state index is -3.83. The quantitative estimate of drug-likeness (QED) is 0.427. The van der Waals surface area contributed by atoms with E-state index < -0.39 is 28.5 Å². The van der Waals surface area contributed by atoms with Gasteiger partial charge in [-0.25, -0.2) is 8.42 Å². The Kier molecular flexibility index (Phi) is 8.95. The average molecular weight is 530 g/mol. The van der Waals surface area contributed by atoms with Gasteiger partial charge in [0.05, 0.1) is 11.9 Å². The number of para-hydroxylation sites is 1. The number of rotatable bonds is 10. The minimum Gasteiger partial charge on any atom is -0.457 e. The van der Waals surface area contributed by atoms with Crippen LogP contribution in [-0.2, 0) is 26.2 Å². The number of likely N-dealkylation sites (N-methyl/N-ethyl adjacent to an activating group) is 1. The van der Waals surface area contributed by atoms with Gasteiger partial charge in [0.1, 0.15) is 24.1 Å². The highest BCUT2D eigenvalue weighted by Crippen LogP contribution is 2.26. The number of sulfonamides is 1. The first kappa shape index (κ1) is 27.0. The molecule has 0 unspecified atom stereocenters. The van der Waals surface area contributed by atoms with Crippen molar-refractivity contribution in [1.29, 1.82) is 0 Å². The number of anilines is 1. The van der Waals surface area contributed by atoms with E-state index in [0.717, 1.165) is 10.6 Å². The van der Waals surface area contributed by atoms with Crippen LogP contribution in [0, 0.1) is 0 Å². The summed E-state index contributed by atoms with van der Waals surface area (Å²) in [5.41, 5.74) is 1.00. The Morgan fingerprint density at radius 3 is 2.19 bits per heavy atom. The zero-order valence-corrected chi connectivity index (χ0v) is 21.8. The molecule has 0 aliphatic heterocycles. The van der Waals surface area contributed by atoms with Crippen molar-refractivity contribution in [2.75, 3.05) is 24.2 Å². The van der Waals surface area contributed by atoms with Crippen LogP contribution in [0.3, 0.4) is 0 Å². The van der Waals surface area contributed by atoms with Gasteiger partial charge < -0.3 is 15.0 Å².